The Morgan fingerprint density at radius 3 is 2.67 bits per heavy atom. The van der Waals surface area contributed by atoms with E-state index >= 15 is 0 Å². The molecule has 0 spiro atoms. The molecule has 1 aromatic carbocycles. The molecule has 0 aliphatic rings. The summed E-state index contributed by atoms with van der Waals surface area (Å²) in [6.45, 7) is 2.48. The molecule has 6 nitrogen and oxygen atoms in total. The van der Waals surface area contributed by atoms with Gasteiger partial charge in [0.2, 0.25) is 10.0 Å². The van der Waals surface area contributed by atoms with Crippen LogP contribution in [0.1, 0.15) is 5.69 Å². The number of halogens is 1. The summed E-state index contributed by atoms with van der Waals surface area (Å²) in [6, 6.07) is 6.53. The number of rotatable bonds is 6. The first-order chi connectivity index (χ1) is 11.4. The average molecular weight is 366 g/mol. The maximum Gasteiger partial charge on any atom is 0.240 e. The standard InChI is InChI=1S/C15H15FN4O2S2/c1-11-10-23-15(18-11)14-6-8-20(19-14)9-7-17-24(21,22)13-4-2-12(16)3-5-13/h2-6,8,10,17H,7,9H2,1H3. The van der Waals surface area contributed by atoms with Crippen molar-refractivity contribution in [2.75, 3.05) is 6.54 Å². The second-order valence-corrected chi connectivity index (χ2v) is 7.73. The molecule has 0 bridgehead atoms. The molecule has 3 aromatic rings. The fourth-order valence-corrected chi connectivity index (χ4v) is 3.85. The third kappa shape index (κ3) is 3.86. The smallest absolute Gasteiger partial charge is 0.240 e. The van der Waals surface area contributed by atoms with Crippen LogP contribution in [-0.2, 0) is 16.6 Å². The molecule has 0 saturated carbocycles. The summed E-state index contributed by atoms with van der Waals surface area (Å²) in [5, 5.41) is 7.16. The predicted molar refractivity (Wildman–Crippen MR) is 89.7 cm³/mol. The summed E-state index contributed by atoms with van der Waals surface area (Å²) in [6.07, 6.45) is 1.78. The van der Waals surface area contributed by atoms with Crippen molar-refractivity contribution >= 4 is 21.4 Å². The van der Waals surface area contributed by atoms with Gasteiger partial charge in [0.25, 0.3) is 0 Å². The summed E-state index contributed by atoms with van der Waals surface area (Å²) in [4.78, 5) is 4.39. The number of sulfonamides is 1. The molecule has 0 aliphatic carbocycles. The number of aryl methyl sites for hydroxylation is 1. The van der Waals surface area contributed by atoms with Gasteiger partial charge in [-0.1, -0.05) is 0 Å². The molecule has 0 amide bonds. The number of hydrogen-bond acceptors (Lipinski definition) is 5. The second kappa shape index (κ2) is 6.80. The number of benzene rings is 1. The van der Waals surface area contributed by atoms with Crippen LogP contribution in [0.25, 0.3) is 10.7 Å². The average Bonchev–Trinajstić information content (AvgIpc) is 3.16. The molecule has 126 valence electrons. The van der Waals surface area contributed by atoms with Crippen LogP contribution in [0.15, 0.2) is 46.8 Å². The minimum absolute atomic E-state index is 0.0308. The van der Waals surface area contributed by atoms with Crippen LogP contribution in [0.2, 0.25) is 0 Å². The normalized spacial score (nSPS) is 11.8. The Labute approximate surface area is 143 Å². The van der Waals surface area contributed by atoms with Crippen molar-refractivity contribution in [2.24, 2.45) is 0 Å². The first-order valence-corrected chi connectivity index (χ1v) is 9.51. The van der Waals surface area contributed by atoms with Crippen molar-refractivity contribution in [3.63, 3.8) is 0 Å². The number of nitrogens with one attached hydrogen (secondary N) is 1. The Bertz CT molecular complexity index is 933. The van der Waals surface area contributed by atoms with Gasteiger partial charge in [0.1, 0.15) is 16.5 Å². The highest BCUT2D eigenvalue weighted by atomic mass is 32.2. The molecule has 9 heteroatoms. The molecule has 0 atom stereocenters. The van der Waals surface area contributed by atoms with Crippen LogP contribution in [-0.4, -0.2) is 29.7 Å². The zero-order valence-corrected chi connectivity index (χ0v) is 14.4. The quantitative estimate of drug-likeness (QED) is 0.727. The zero-order valence-electron chi connectivity index (χ0n) is 12.8. The molecule has 0 unspecified atom stereocenters. The molecule has 1 N–H and O–H groups in total. The van der Waals surface area contributed by atoms with Gasteiger partial charge >= 0.3 is 0 Å². The summed E-state index contributed by atoms with van der Waals surface area (Å²) in [7, 11) is -3.66. The van der Waals surface area contributed by atoms with E-state index in [1.807, 2.05) is 18.4 Å². The number of aromatic nitrogens is 3. The highest BCUT2D eigenvalue weighted by molar-refractivity contribution is 7.89. The zero-order chi connectivity index (χ0) is 17.2. The van der Waals surface area contributed by atoms with Crippen molar-refractivity contribution in [2.45, 2.75) is 18.4 Å². The van der Waals surface area contributed by atoms with Gasteiger partial charge in [-0.3, -0.25) is 4.68 Å². The molecule has 0 aliphatic heterocycles. The molecule has 0 fully saturated rings. The van der Waals surface area contributed by atoms with Gasteiger partial charge < -0.3 is 0 Å². The Hall–Kier alpha value is -2.10. The van der Waals surface area contributed by atoms with Crippen molar-refractivity contribution in [3.8, 4) is 10.7 Å². The highest BCUT2D eigenvalue weighted by Crippen LogP contribution is 2.21. The molecule has 3 rings (SSSR count). The lowest BCUT2D eigenvalue weighted by molar-refractivity contribution is 0.561. The molecular formula is C15H15FN4O2S2. The van der Waals surface area contributed by atoms with E-state index in [1.54, 1.807) is 10.9 Å². The summed E-state index contributed by atoms with van der Waals surface area (Å²) < 4.78 is 41.2. The lowest BCUT2D eigenvalue weighted by Crippen LogP contribution is -2.27. The van der Waals surface area contributed by atoms with Gasteiger partial charge in [-0.05, 0) is 37.3 Å². The van der Waals surface area contributed by atoms with E-state index in [0.717, 1.165) is 28.5 Å². The topological polar surface area (TPSA) is 76.9 Å². The van der Waals surface area contributed by atoms with E-state index in [1.165, 1.54) is 23.5 Å². The third-order valence-electron chi connectivity index (χ3n) is 3.24. The van der Waals surface area contributed by atoms with E-state index < -0.39 is 15.8 Å². The summed E-state index contributed by atoms with van der Waals surface area (Å²) in [5.41, 5.74) is 1.70. The van der Waals surface area contributed by atoms with Gasteiger partial charge in [-0.25, -0.2) is 22.5 Å². The molecular weight excluding hydrogens is 351 g/mol. The highest BCUT2D eigenvalue weighted by Gasteiger charge is 2.13. The van der Waals surface area contributed by atoms with Gasteiger partial charge in [-0.15, -0.1) is 11.3 Å². The Morgan fingerprint density at radius 2 is 2.00 bits per heavy atom. The van der Waals surface area contributed by atoms with Crippen LogP contribution in [0.3, 0.4) is 0 Å². The van der Waals surface area contributed by atoms with Crippen LogP contribution >= 0.6 is 11.3 Å². The molecule has 2 heterocycles. The SMILES string of the molecule is Cc1csc(-c2ccn(CCNS(=O)(=O)c3ccc(F)cc3)n2)n1. The predicted octanol–water partition coefficient (Wildman–Crippen LogP) is 2.43. The number of nitrogens with zero attached hydrogens (tertiary/aromatic N) is 3. The fraction of sp³-hybridized carbons (Fsp3) is 0.200. The minimum atomic E-state index is -3.66. The van der Waals surface area contributed by atoms with Crippen LogP contribution in [0.4, 0.5) is 4.39 Å². The second-order valence-electron chi connectivity index (χ2n) is 5.11. The monoisotopic (exact) mass is 366 g/mol. The Balaban J connectivity index is 1.60. The van der Waals surface area contributed by atoms with Gasteiger partial charge in [0.15, 0.2) is 0 Å². The Morgan fingerprint density at radius 1 is 1.25 bits per heavy atom. The van der Waals surface area contributed by atoms with Crippen LogP contribution in [0, 0.1) is 12.7 Å². The summed E-state index contributed by atoms with van der Waals surface area (Å²) in [5.74, 6) is -0.476. The molecule has 0 radical (unpaired) electrons. The van der Waals surface area contributed by atoms with Gasteiger partial charge in [-0.2, -0.15) is 5.10 Å². The molecule has 24 heavy (non-hydrogen) atoms. The lowest BCUT2D eigenvalue weighted by atomic mass is 10.4. The van der Waals surface area contributed by atoms with E-state index in [-0.39, 0.29) is 11.4 Å². The van der Waals surface area contributed by atoms with Gasteiger partial charge in [0.05, 0.1) is 11.4 Å². The maximum atomic E-state index is 12.9. The van der Waals surface area contributed by atoms with E-state index in [2.05, 4.69) is 14.8 Å². The Kier molecular flexibility index (Phi) is 4.74. The summed E-state index contributed by atoms with van der Waals surface area (Å²) >= 11 is 1.51. The fourth-order valence-electron chi connectivity index (χ4n) is 2.06. The van der Waals surface area contributed by atoms with E-state index in [4.69, 9.17) is 0 Å². The maximum absolute atomic E-state index is 12.9. The third-order valence-corrected chi connectivity index (χ3v) is 5.70. The van der Waals surface area contributed by atoms with Gasteiger partial charge in [0, 0.05) is 23.8 Å². The molecule has 2 aromatic heterocycles. The first-order valence-electron chi connectivity index (χ1n) is 7.15. The lowest BCUT2D eigenvalue weighted by Gasteiger charge is -2.06. The van der Waals surface area contributed by atoms with Crippen LogP contribution in [0.5, 0.6) is 0 Å². The first kappa shape index (κ1) is 16.7. The van der Waals surface area contributed by atoms with Crippen LogP contribution < -0.4 is 4.72 Å². The van der Waals surface area contributed by atoms with Crippen molar-refractivity contribution < 1.29 is 12.8 Å². The largest absolute Gasteiger partial charge is 0.271 e. The van der Waals surface area contributed by atoms with Crippen molar-refractivity contribution in [1.29, 1.82) is 0 Å². The number of thiazole rings is 1. The minimum Gasteiger partial charge on any atom is -0.271 e. The van der Waals surface area contributed by atoms with E-state index in [9.17, 15) is 12.8 Å². The van der Waals surface area contributed by atoms with Crippen molar-refractivity contribution in [3.05, 3.63) is 53.4 Å². The number of hydrogen-bond donors (Lipinski definition) is 1. The van der Waals surface area contributed by atoms with E-state index in [0.29, 0.717) is 6.54 Å². The van der Waals surface area contributed by atoms with Crippen molar-refractivity contribution in [1.82, 2.24) is 19.5 Å². The molecule has 0 saturated heterocycles.